The molecule has 0 fully saturated rings. The molecule has 0 saturated heterocycles. The summed E-state index contributed by atoms with van der Waals surface area (Å²) in [4.78, 5) is 28.9. The minimum atomic E-state index is -0.148. The zero-order valence-corrected chi connectivity index (χ0v) is 19.3. The molecule has 0 spiro atoms. The molecule has 0 bridgehead atoms. The Morgan fingerprint density at radius 1 is 0.966 bits per heavy atom. The van der Waals surface area contributed by atoms with Crippen LogP contribution in [-0.2, 0) is 16.0 Å². The molecule has 1 radical (unpaired) electrons. The fourth-order valence-electron chi connectivity index (χ4n) is 3.04. The molecule has 0 aliphatic heterocycles. The lowest BCUT2D eigenvalue weighted by Gasteiger charge is -2.08. The Labute approximate surface area is 185 Å². The van der Waals surface area contributed by atoms with Gasteiger partial charge in [0, 0.05) is 23.9 Å². The maximum atomic E-state index is 11.9. The van der Waals surface area contributed by atoms with E-state index in [9.17, 15) is 9.59 Å². The molecule has 1 rings (SSSR count). The van der Waals surface area contributed by atoms with Crippen molar-refractivity contribution < 1.29 is 9.59 Å². The van der Waals surface area contributed by atoms with Crippen LogP contribution >= 0.6 is 22.5 Å². The molecular weight excluding hydrogens is 402 g/mol. The van der Waals surface area contributed by atoms with E-state index in [0.717, 1.165) is 23.4 Å². The lowest BCUT2D eigenvalue weighted by Crippen LogP contribution is -2.32. The van der Waals surface area contributed by atoms with Crippen LogP contribution in [0.15, 0.2) is 23.2 Å². The quantitative estimate of drug-likeness (QED) is 0.168. The van der Waals surface area contributed by atoms with E-state index in [1.807, 2.05) is 12.1 Å². The maximum Gasteiger partial charge on any atom is 0.222 e. The van der Waals surface area contributed by atoms with Crippen LogP contribution in [0.1, 0.15) is 89.7 Å². The van der Waals surface area contributed by atoms with E-state index in [1.54, 1.807) is 6.20 Å². The van der Waals surface area contributed by atoms with E-state index >= 15 is 0 Å². The second kappa shape index (κ2) is 17.6. The number of carbonyl (C=O) groups is 2. The zero-order chi connectivity index (χ0) is 21.2. The molecule has 0 saturated carbocycles. The van der Waals surface area contributed by atoms with Gasteiger partial charge in [-0.1, -0.05) is 75.5 Å². The van der Waals surface area contributed by atoms with Gasteiger partial charge in [0.15, 0.2) is 0 Å². The molecule has 2 amide bonds. The van der Waals surface area contributed by atoms with Gasteiger partial charge in [-0.15, -0.1) is 11.7 Å². The molecule has 0 aromatic carbocycles. The highest BCUT2D eigenvalue weighted by Gasteiger charge is 2.08. The number of amides is 2. The fourth-order valence-corrected chi connectivity index (χ4v) is 3.94. The number of nitrogens with zero attached hydrogens (tertiary/aromatic N) is 1. The van der Waals surface area contributed by atoms with E-state index in [1.165, 1.54) is 68.8 Å². The van der Waals surface area contributed by atoms with Crippen molar-refractivity contribution in [3.8, 4) is 0 Å². The minimum absolute atomic E-state index is 0.0525. The van der Waals surface area contributed by atoms with E-state index in [4.69, 9.17) is 0 Å². The molecule has 1 aromatic rings. The number of hydrogen-bond acceptors (Lipinski definition) is 5. The van der Waals surface area contributed by atoms with Gasteiger partial charge in [-0.2, -0.15) is 0 Å². The Balaban J connectivity index is 1.97. The number of carbonyl (C=O) groups excluding carboxylic acids is 2. The summed E-state index contributed by atoms with van der Waals surface area (Å²) in [7, 11) is 1.32. The van der Waals surface area contributed by atoms with Gasteiger partial charge in [0.2, 0.25) is 11.8 Å². The van der Waals surface area contributed by atoms with Gasteiger partial charge in [0.1, 0.15) is 6.67 Å². The van der Waals surface area contributed by atoms with Gasteiger partial charge in [-0.25, -0.2) is 0 Å². The molecular formula is C22H36N3O2S2. The van der Waals surface area contributed by atoms with Crippen molar-refractivity contribution in [3.05, 3.63) is 30.7 Å². The summed E-state index contributed by atoms with van der Waals surface area (Å²) in [5.41, 5.74) is 0.854. The van der Waals surface area contributed by atoms with Crippen molar-refractivity contribution in [2.24, 2.45) is 0 Å². The lowest BCUT2D eigenvalue weighted by molar-refractivity contribution is -0.121. The number of rotatable bonds is 17. The highest BCUT2D eigenvalue weighted by molar-refractivity contribution is 8.68. The summed E-state index contributed by atoms with van der Waals surface area (Å²) >= 11 is 4.19. The number of nitrogens with one attached hydrogen (secondary N) is 2. The van der Waals surface area contributed by atoms with Gasteiger partial charge in [-0.05, 0) is 25.0 Å². The molecule has 7 heteroatoms. The molecule has 163 valence electrons. The second-order valence-electron chi connectivity index (χ2n) is 7.25. The Hall–Kier alpha value is -1.21. The van der Waals surface area contributed by atoms with Crippen molar-refractivity contribution in [1.29, 1.82) is 0 Å². The van der Waals surface area contributed by atoms with Crippen LogP contribution in [0.3, 0.4) is 0 Å². The van der Waals surface area contributed by atoms with Crippen LogP contribution < -0.4 is 10.6 Å². The average molecular weight is 439 g/mol. The van der Waals surface area contributed by atoms with Gasteiger partial charge in [0.25, 0.3) is 0 Å². The van der Waals surface area contributed by atoms with Crippen molar-refractivity contribution in [3.63, 3.8) is 0 Å². The predicted molar refractivity (Wildman–Crippen MR) is 124 cm³/mol. The molecule has 0 aliphatic rings. The van der Waals surface area contributed by atoms with Crippen LogP contribution in [0, 0.1) is 6.67 Å². The summed E-state index contributed by atoms with van der Waals surface area (Å²) in [5, 5.41) is 5.25. The maximum absolute atomic E-state index is 11.9. The summed E-state index contributed by atoms with van der Waals surface area (Å²) in [6.07, 6.45) is 15.5. The first-order chi connectivity index (χ1) is 14.2. The van der Waals surface area contributed by atoms with Crippen LogP contribution in [0.25, 0.3) is 0 Å². The van der Waals surface area contributed by atoms with Crippen molar-refractivity contribution in [2.45, 2.75) is 95.3 Å². The Morgan fingerprint density at radius 3 is 2.17 bits per heavy atom. The highest BCUT2D eigenvalue weighted by atomic mass is 33.1. The van der Waals surface area contributed by atoms with Gasteiger partial charge in [0.05, 0.1) is 5.69 Å². The Bertz CT molecular complexity index is 585. The normalized spacial score (nSPS) is 10.7. The first-order valence-corrected chi connectivity index (χ1v) is 12.7. The van der Waals surface area contributed by atoms with Crippen LogP contribution in [-0.4, -0.2) is 16.8 Å². The standard InChI is InChI=1S/C22H36N3O2S2/c1-2-3-4-5-6-7-8-9-10-11-14-21(26)24-18-25-22(27)16-15-19-20(29-28)13-12-17-23-19/h12-13,17-18,28H,2-11,14-16H2,1H3,(H,24,26)(H,25,27). The molecule has 0 aliphatic carbocycles. The average Bonchev–Trinajstić information content (AvgIpc) is 2.73. The number of aromatic nitrogens is 1. The van der Waals surface area contributed by atoms with E-state index < -0.39 is 0 Å². The van der Waals surface area contributed by atoms with Crippen LogP contribution in [0.4, 0.5) is 0 Å². The summed E-state index contributed by atoms with van der Waals surface area (Å²) in [6, 6.07) is 3.78. The second-order valence-corrected chi connectivity index (χ2v) is 8.42. The molecule has 0 atom stereocenters. The Morgan fingerprint density at radius 2 is 1.55 bits per heavy atom. The van der Waals surface area contributed by atoms with Gasteiger partial charge < -0.3 is 10.6 Å². The van der Waals surface area contributed by atoms with E-state index in [-0.39, 0.29) is 11.8 Å². The third kappa shape index (κ3) is 13.6. The molecule has 1 aromatic heterocycles. The molecule has 2 N–H and O–H groups in total. The van der Waals surface area contributed by atoms with Gasteiger partial charge >= 0.3 is 0 Å². The number of hydrogen-bond donors (Lipinski definition) is 3. The third-order valence-electron chi connectivity index (χ3n) is 4.76. The molecule has 0 unspecified atom stereocenters. The lowest BCUT2D eigenvalue weighted by atomic mass is 10.1. The summed E-state index contributed by atoms with van der Waals surface area (Å²) in [6.45, 7) is 3.58. The SMILES string of the molecule is CCCCCCCCCCCCC(=O)N[CH]NC(=O)CCc1ncccc1SS. The van der Waals surface area contributed by atoms with Crippen LogP contribution in [0.2, 0.25) is 0 Å². The van der Waals surface area contributed by atoms with E-state index in [0.29, 0.717) is 19.3 Å². The van der Waals surface area contributed by atoms with Crippen LogP contribution in [0.5, 0.6) is 0 Å². The first-order valence-electron chi connectivity index (χ1n) is 10.8. The van der Waals surface area contributed by atoms with E-state index in [2.05, 4.69) is 34.2 Å². The largest absolute Gasteiger partial charge is 0.333 e. The fraction of sp³-hybridized carbons (Fsp3) is 0.636. The third-order valence-corrected chi connectivity index (χ3v) is 5.92. The molecule has 29 heavy (non-hydrogen) atoms. The monoisotopic (exact) mass is 438 g/mol. The van der Waals surface area contributed by atoms with Crippen molar-refractivity contribution in [2.75, 3.05) is 0 Å². The summed E-state index contributed by atoms with van der Waals surface area (Å²) < 4.78 is 0. The number of pyridine rings is 1. The topological polar surface area (TPSA) is 71.1 Å². The molecule has 1 heterocycles. The van der Waals surface area contributed by atoms with Gasteiger partial charge in [-0.3, -0.25) is 14.6 Å². The minimum Gasteiger partial charge on any atom is -0.333 e. The zero-order valence-electron chi connectivity index (χ0n) is 17.6. The number of unbranched alkanes of at least 4 members (excludes halogenated alkanes) is 9. The van der Waals surface area contributed by atoms with Crippen molar-refractivity contribution >= 4 is 34.3 Å². The summed E-state index contributed by atoms with van der Waals surface area (Å²) in [5.74, 6) is -0.201. The number of aryl methyl sites for hydroxylation is 1. The predicted octanol–water partition coefficient (Wildman–Crippen LogP) is 5.61. The highest BCUT2D eigenvalue weighted by Crippen LogP contribution is 2.24. The molecule has 5 nitrogen and oxygen atoms in total. The van der Waals surface area contributed by atoms with Crippen molar-refractivity contribution in [1.82, 2.24) is 15.6 Å². The Kier molecular flexibility index (Phi) is 15.7. The number of thiol groups is 1. The smallest absolute Gasteiger partial charge is 0.222 e. The first kappa shape index (κ1) is 25.8.